The van der Waals surface area contributed by atoms with E-state index >= 15 is 0 Å². The molecule has 1 saturated heterocycles. The van der Waals surface area contributed by atoms with E-state index < -0.39 is 0 Å². The van der Waals surface area contributed by atoms with Crippen LogP contribution in [0.25, 0.3) is 5.65 Å². The summed E-state index contributed by atoms with van der Waals surface area (Å²) in [4.78, 5) is 23.9. The predicted octanol–water partition coefficient (Wildman–Crippen LogP) is 3.42. The van der Waals surface area contributed by atoms with E-state index in [4.69, 9.17) is 5.10 Å². The van der Waals surface area contributed by atoms with Gasteiger partial charge in [-0.3, -0.25) is 9.78 Å². The second-order valence-corrected chi connectivity index (χ2v) is 7.11. The van der Waals surface area contributed by atoms with Crippen LogP contribution in [0.15, 0.2) is 30.6 Å². The minimum absolute atomic E-state index is 0.0178. The Morgan fingerprint density at radius 2 is 2.04 bits per heavy atom. The molecule has 3 aromatic heterocycles. The molecule has 6 heteroatoms. The van der Waals surface area contributed by atoms with Crippen LogP contribution in [0.3, 0.4) is 0 Å². The number of hydrogen-bond acceptors (Lipinski definition) is 4. The van der Waals surface area contributed by atoms with Gasteiger partial charge in [-0.2, -0.15) is 5.10 Å². The molecule has 4 rings (SSSR count). The Morgan fingerprint density at radius 3 is 2.85 bits per heavy atom. The SMILES string of the molecule is Cc1ccnc(C(=O)N2CCCC[C@H]2c2cc3nc(C)c(C)cn3n2)c1. The lowest BCUT2D eigenvalue weighted by Crippen LogP contribution is -2.39. The van der Waals surface area contributed by atoms with Crippen LogP contribution in [-0.4, -0.2) is 36.9 Å². The molecule has 0 spiro atoms. The average Bonchev–Trinajstić information content (AvgIpc) is 3.04. The van der Waals surface area contributed by atoms with Crippen LogP contribution in [0.1, 0.15) is 58.3 Å². The van der Waals surface area contributed by atoms with Crippen molar-refractivity contribution >= 4 is 11.6 Å². The van der Waals surface area contributed by atoms with E-state index in [1.165, 1.54) is 0 Å². The molecule has 0 N–H and O–H groups in total. The largest absolute Gasteiger partial charge is 0.329 e. The molecule has 1 fully saturated rings. The maximum absolute atomic E-state index is 13.1. The lowest BCUT2D eigenvalue weighted by atomic mass is 9.98. The van der Waals surface area contributed by atoms with Crippen molar-refractivity contribution in [3.63, 3.8) is 0 Å². The summed E-state index contributed by atoms with van der Waals surface area (Å²) in [6.07, 6.45) is 6.71. The van der Waals surface area contributed by atoms with Crippen molar-refractivity contribution in [2.75, 3.05) is 6.54 Å². The molecule has 4 heterocycles. The second-order valence-electron chi connectivity index (χ2n) is 7.11. The van der Waals surface area contributed by atoms with Crippen LogP contribution >= 0.6 is 0 Å². The number of carbonyl (C=O) groups excluding carboxylic acids is 1. The summed E-state index contributed by atoms with van der Waals surface area (Å²) >= 11 is 0. The number of aromatic nitrogens is 4. The quantitative estimate of drug-likeness (QED) is 0.711. The van der Waals surface area contributed by atoms with Crippen molar-refractivity contribution in [2.24, 2.45) is 0 Å². The highest BCUT2D eigenvalue weighted by atomic mass is 16.2. The number of likely N-dealkylation sites (tertiary alicyclic amines) is 1. The van der Waals surface area contributed by atoms with Gasteiger partial charge in [0.05, 0.1) is 11.7 Å². The number of pyridine rings is 1. The molecule has 1 amide bonds. The maximum Gasteiger partial charge on any atom is 0.273 e. The lowest BCUT2D eigenvalue weighted by molar-refractivity contribution is 0.0599. The van der Waals surface area contributed by atoms with Crippen molar-refractivity contribution in [3.05, 3.63) is 58.8 Å². The van der Waals surface area contributed by atoms with Crippen LogP contribution in [0.5, 0.6) is 0 Å². The van der Waals surface area contributed by atoms with E-state index in [-0.39, 0.29) is 11.9 Å². The van der Waals surface area contributed by atoms with E-state index in [0.29, 0.717) is 5.69 Å². The molecule has 26 heavy (non-hydrogen) atoms. The van der Waals surface area contributed by atoms with Crippen LogP contribution in [-0.2, 0) is 0 Å². The number of amides is 1. The number of piperidine rings is 1. The third-order valence-corrected chi connectivity index (χ3v) is 5.14. The molecule has 134 valence electrons. The molecule has 1 atom stereocenters. The minimum atomic E-state index is -0.0270. The molecule has 0 saturated carbocycles. The van der Waals surface area contributed by atoms with E-state index in [1.54, 1.807) is 6.20 Å². The molecule has 0 radical (unpaired) electrons. The average molecular weight is 349 g/mol. The third-order valence-electron chi connectivity index (χ3n) is 5.14. The highest BCUT2D eigenvalue weighted by Gasteiger charge is 2.31. The monoisotopic (exact) mass is 349 g/mol. The van der Waals surface area contributed by atoms with Crippen molar-refractivity contribution < 1.29 is 4.79 Å². The van der Waals surface area contributed by atoms with Gasteiger partial charge in [0, 0.05) is 30.7 Å². The normalized spacial score (nSPS) is 17.7. The molecule has 0 aliphatic carbocycles. The highest BCUT2D eigenvalue weighted by molar-refractivity contribution is 5.92. The van der Waals surface area contributed by atoms with Gasteiger partial charge < -0.3 is 4.90 Å². The topological polar surface area (TPSA) is 63.4 Å². The van der Waals surface area contributed by atoms with E-state index in [0.717, 1.165) is 54.0 Å². The van der Waals surface area contributed by atoms with Gasteiger partial charge in [0.2, 0.25) is 0 Å². The zero-order chi connectivity index (χ0) is 18.3. The molecular weight excluding hydrogens is 326 g/mol. The molecular formula is C20H23N5O. The predicted molar refractivity (Wildman–Crippen MR) is 99.1 cm³/mol. The van der Waals surface area contributed by atoms with Gasteiger partial charge in [0.25, 0.3) is 5.91 Å². The lowest BCUT2D eigenvalue weighted by Gasteiger charge is -2.34. The summed E-state index contributed by atoms with van der Waals surface area (Å²) in [6.45, 7) is 6.74. The van der Waals surface area contributed by atoms with Gasteiger partial charge >= 0.3 is 0 Å². The zero-order valence-corrected chi connectivity index (χ0v) is 15.4. The van der Waals surface area contributed by atoms with Crippen molar-refractivity contribution in [2.45, 2.75) is 46.1 Å². The fraction of sp³-hybridized carbons (Fsp3) is 0.400. The number of aryl methyl sites for hydroxylation is 3. The Bertz CT molecular complexity index is 938. The molecule has 6 nitrogen and oxygen atoms in total. The van der Waals surface area contributed by atoms with Gasteiger partial charge in [-0.25, -0.2) is 9.50 Å². The van der Waals surface area contributed by atoms with Gasteiger partial charge in [-0.05, 0) is 63.3 Å². The van der Waals surface area contributed by atoms with Crippen LogP contribution in [0, 0.1) is 20.8 Å². The third kappa shape index (κ3) is 2.96. The Balaban J connectivity index is 1.70. The Morgan fingerprint density at radius 1 is 1.19 bits per heavy atom. The standard InChI is InChI=1S/C20H23N5O/c1-13-7-8-21-17(10-13)20(26)24-9-5-4-6-18(24)16-11-19-22-15(3)14(2)12-25(19)23-16/h7-8,10-12,18H,4-6,9H2,1-3H3/t18-/m0/s1. The molecule has 0 bridgehead atoms. The van der Waals surface area contributed by atoms with Crippen LogP contribution in [0.4, 0.5) is 0 Å². The minimum Gasteiger partial charge on any atom is -0.329 e. The number of hydrogen-bond donors (Lipinski definition) is 0. The first-order valence-corrected chi connectivity index (χ1v) is 9.10. The molecule has 0 aromatic carbocycles. The van der Waals surface area contributed by atoms with Crippen LogP contribution < -0.4 is 0 Å². The summed E-state index contributed by atoms with van der Waals surface area (Å²) in [6, 6.07) is 5.74. The van der Waals surface area contributed by atoms with E-state index in [9.17, 15) is 4.79 Å². The Labute approximate surface area is 152 Å². The fourth-order valence-electron chi connectivity index (χ4n) is 3.56. The first-order valence-electron chi connectivity index (χ1n) is 9.10. The highest BCUT2D eigenvalue weighted by Crippen LogP contribution is 2.31. The first-order chi connectivity index (χ1) is 12.5. The first kappa shape index (κ1) is 16.7. The molecule has 1 aliphatic rings. The summed E-state index contributed by atoms with van der Waals surface area (Å²) in [5.41, 5.74) is 5.39. The number of fused-ring (bicyclic) bond motifs is 1. The van der Waals surface area contributed by atoms with Gasteiger partial charge in [0.15, 0.2) is 5.65 Å². The Hall–Kier alpha value is -2.76. The molecule has 0 unspecified atom stereocenters. The van der Waals surface area contributed by atoms with E-state index in [2.05, 4.69) is 9.97 Å². The van der Waals surface area contributed by atoms with Gasteiger partial charge in [-0.15, -0.1) is 0 Å². The summed E-state index contributed by atoms with van der Waals surface area (Å²) in [5, 5.41) is 4.72. The summed E-state index contributed by atoms with van der Waals surface area (Å²) < 4.78 is 1.82. The molecule has 1 aliphatic heterocycles. The van der Waals surface area contributed by atoms with Crippen LogP contribution in [0.2, 0.25) is 0 Å². The van der Waals surface area contributed by atoms with Crippen molar-refractivity contribution in [1.82, 2.24) is 24.5 Å². The van der Waals surface area contributed by atoms with Gasteiger partial charge in [-0.1, -0.05) is 0 Å². The fourth-order valence-corrected chi connectivity index (χ4v) is 3.56. The summed E-state index contributed by atoms with van der Waals surface area (Å²) in [7, 11) is 0. The van der Waals surface area contributed by atoms with E-state index in [1.807, 2.05) is 54.6 Å². The number of carbonyl (C=O) groups is 1. The smallest absolute Gasteiger partial charge is 0.273 e. The molecule has 3 aromatic rings. The zero-order valence-electron chi connectivity index (χ0n) is 15.4. The number of nitrogens with zero attached hydrogens (tertiary/aromatic N) is 5. The second kappa shape index (κ2) is 6.52. The Kier molecular flexibility index (Phi) is 4.18. The van der Waals surface area contributed by atoms with Crippen molar-refractivity contribution in [1.29, 1.82) is 0 Å². The van der Waals surface area contributed by atoms with Gasteiger partial charge in [0.1, 0.15) is 5.69 Å². The summed E-state index contributed by atoms with van der Waals surface area (Å²) in [5.74, 6) is -0.0178. The van der Waals surface area contributed by atoms with Crippen molar-refractivity contribution in [3.8, 4) is 0 Å². The maximum atomic E-state index is 13.1. The number of rotatable bonds is 2.